The Morgan fingerprint density at radius 2 is 1.67 bits per heavy atom. The van der Waals surface area contributed by atoms with Gasteiger partial charge in [0.25, 0.3) is 0 Å². The van der Waals surface area contributed by atoms with Crippen LogP contribution in [0.15, 0.2) is 0 Å². The summed E-state index contributed by atoms with van der Waals surface area (Å²) in [6.45, 7) is 9.57. The van der Waals surface area contributed by atoms with Gasteiger partial charge < -0.3 is 4.90 Å². The lowest BCUT2D eigenvalue weighted by atomic mass is 9.94. The van der Waals surface area contributed by atoms with Crippen molar-refractivity contribution in [2.45, 2.75) is 43.6 Å². The lowest BCUT2D eigenvalue weighted by Crippen LogP contribution is -2.39. The van der Waals surface area contributed by atoms with Gasteiger partial charge in [0.15, 0.2) is 0 Å². The van der Waals surface area contributed by atoms with E-state index in [0.29, 0.717) is 0 Å². The van der Waals surface area contributed by atoms with E-state index in [-0.39, 0.29) is 0 Å². The minimum absolute atomic E-state index is 0.746. The molecule has 0 aromatic heterocycles. The van der Waals surface area contributed by atoms with Crippen molar-refractivity contribution in [1.29, 1.82) is 0 Å². The lowest BCUT2D eigenvalue weighted by Gasteiger charge is -2.35. The smallest absolute Gasteiger partial charge is 0.0110 e. The molecule has 0 aliphatic carbocycles. The quantitative estimate of drug-likeness (QED) is 0.555. The van der Waals surface area contributed by atoms with E-state index in [4.69, 9.17) is 0 Å². The van der Waals surface area contributed by atoms with Gasteiger partial charge in [0.05, 0.1) is 0 Å². The van der Waals surface area contributed by atoms with E-state index in [1.165, 1.54) is 25.9 Å². The van der Waals surface area contributed by atoms with Gasteiger partial charge in [-0.25, -0.2) is 0 Å². The first-order valence-electron chi connectivity index (χ1n) is 4.99. The average molecular weight is 281 g/mol. The number of hydrogen-bond acceptors (Lipinski definition) is 1. The average Bonchev–Trinajstić information content (AvgIpc) is 2.04. The van der Waals surface area contributed by atoms with Crippen molar-refractivity contribution in [3.8, 4) is 0 Å². The van der Waals surface area contributed by atoms with Crippen LogP contribution in [0.3, 0.4) is 0 Å². The monoisotopic (exact) mass is 281 g/mol. The Labute approximate surface area is 90.0 Å². The molecular weight excluding hydrogens is 261 g/mol. The fourth-order valence-corrected chi connectivity index (χ4v) is 2.61. The van der Waals surface area contributed by atoms with E-state index in [0.717, 1.165) is 15.9 Å². The Morgan fingerprint density at radius 3 is 2.00 bits per heavy atom. The molecule has 1 heterocycles. The van der Waals surface area contributed by atoms with Crippen molar-refractivity contribution < 1.29 is 0 Å². The summed E-state index contributed by atoms with van der Waals surface area (Å²) in [5.41, 5.74) is 0. The zero-order valence-corrected chi connectivity index (χ0v) is 10.5. The maximum absolute atomic E-state index is 2.59. The second-order valence-electron chi connectivity index (χ2n) is 4.14. The van der Waals surface area contributed by atoms with Crippen molar-refractivity contribution in [1.82, 2.24) is 4.90 Å². The third kappa shape index (κ3) is 2.87. The predicted molar refractivity (Wildman–Crippen MR) is 62.9 cm³/mol. The van der Waals surface area contributed by atoms with E-state index >= 15 is 0 Å². The summed E-state index contributed by atoms with van der Waals surface area (Å²) in [7, 11) is 0. The fraction of sp³-hybridized carbons (Fsp3) is 1.00. The molecule has 2 heteroatoms. The van der Waals surface area contributed by atoms with Gasteiger partial charge in [-0.1, -0.05) is 29.5 Å². The number of halogens is 1. The predicted octanol–water partition coefficient (Wildman–Crippen LogP) is 2.93. The van der Waals surface area contributed by atoms with Crippen molar-refractivity contribution >= 4 is 22.6 Å². The molecule has 0 spiro atoms. The highest BCUT2D eigenvalue weighted by Crippen LogP contribution is 2.25. The van der Waals surface area contributed by atoms with Crippen LogP contribution < -0.4 is 0 Å². The van der Waals surface area contributed by atoms with Gasteiger partial charge in [0.1, 0.15) is 0 Å². The maximum atomic E-state index is 2.59. The topological polar surface area (TPSA) is 3.24 Å². The summed E-state index contributed by atoms with van der Waals surface area (Å²) in [5, 5.41) is 0. The summed E-state index contributed by atoms with van der Waals surface area (Å²) in [4.78, 5) is 2.59. The highest BCUT2D eigenvalue weighted by molar-refractivity contribution is 14.1. The van der Waals surface area contributed by atoms with E-state index in [9.17, 15) is 0 Å². The Hall–Kier alpha value is 0.690. The SMILES string of the molecule is CC(C)N1CCC([C@H](C)I)CC1. The molecule has 0 radical (unpaired) electrons. The number of likely N-dealkylation sites (tertiary alicyclic amines) is 1. The summed E-state index contributed by atoms with van der Waals surface area (Å²) in [6, 6.07) is 0.746. The molecule has 0 unspecified atom stereocenters. The number of piperidine rings is 1. The maximum Gasteiger partial charge on any atom is 0.0110 e. The zero-order chi connectivity index (χ0) is 9.14. The summed E-state index contributed by atoms with van der Waals surface area (Å²) < 4.78 is 0.858. The molecule has 0 saturated carbocycles. The van der Waals surface area contributed by atoms with Crippen LogP contribution in [-0.4, -0.2) is 28.0 Å². The third-order valence-electron chi connectivity index (χ3n) is 2.95. The van der Waals surface area contributed by atoms with Gasteiger partial charge in [-0.15, -0.1) is 0 Å². The number of alkyl halides is 1. The molecule has 1 aliphatic heterocycles. The lowest BCUT2D eigenvalue weighted by molar-refractivity contribution is 0.151. The summed E-state index contributed by atoms with van der Waals surface area (Å²) in [6.07, 6.45) is 2.81. The fourth-order valence-electron chi connectivity index (χ4n) is 1.90. The molecule has 0 bridgehead atoms. The first-order chi connectivity index (χ1) is 5.61. The molecule has 1 saturated heterocycles. The highest BCUT2D eigenvalue weighted by atomic mass is 127. The van der Waals surface area contributed by atoms with Crippen molar-refractivity contribution in [2.75, 3.05) is 13.1 Å². The standard InChI is InChI=1S/C10H20IN/c1-8(2)12-6-4-10(5-7-12)9(3)11/h8-10H,4-7H2,1-3H3/t9-/m0/s1. The number of rotatable bonds is 2. The Kier molecular flexibility index (Phi) is 4.30. The van der Waals surface area contributed by atoms with Crippen molar-refractivity contribution in [2.24, 2.45) is 5.92 Å². The van der Waals surface area contributed by atoms with Gasteiger partial charge in [-0.3, -0.25) is 0 Å². The molecule has 1 atom stereocenters. The van der Waals surface area contributed by atoms with Crippen LogP contribution in [-0.2, 0) is 0 Å². The van der Waals surface area contributed by atoms with Crippen LogP contribution in [0.5, 0.6) is 0 Å². The Balaban J connectivity index is 2.30. The van der Waals surface area contributed by atoms with Crippen LogP contribution in [0.1, 0.15) is 33.6 Å². The van der Waals surface area contributed by atoms with Crippen LogP contribution in [0.4, 0.5) is 0 Å². The molecule has 1 aliphatic rings. The summed E-state index contributed by atoms with van der Waals surface area (Å²) >= 11 is 2.57. The minimum Gasteiger partial charge on any atom is -0.301 e. The molecule has 12 heavy (non-hydrogen) atoms. The molecular formula is C10H20IN. The first-order valence-corrected chi connectivity index (χ1v) is 6.24. The second-order valence-corrected chi connectivity index (χ2v) is 6.11. The molecule has 1 fully saturated rings. The molecule has 0 amide bonds. The zero-order valence-electron chi connectivity index (χ0n) is 8.39. The van der Waals surface area contributed by atoms with Crippen molar-refractivity contribution in [3.63, 3.8) is 0 Å². The van der Waals surface area contributed by atoms with Crippen molar-refractivity contribution in [3.05, 3.63) is 0 Å². The third-order valence-corrected chi connectivity index (χ3v) is 3.97. The second kappa shape index (κ2) is 4.80. The largest absolute Gasteiger partial charge is 0.301 e. The first kappa shape index (κ1) is 10.8. The Bertz CT molecular complexity index is 110. The van der Waals surface area contributed by atoms with Gasteiger partial charge in [0, 0.05) is 9.97 Å². The van der Waals surface area contributed by atoms with Gasteiger partial charge in [-0.05, 0) is 45.7 Å². The van der Waals surface area contributed by atoms with Crippen LogP contribution in [0.25, 0.3) is 0 Å². The number of hydrogen-bond donors (Lipinski definition) is 0. The summed E-state index contributed by atoms with van der Waals surface area (Å²) in [5.74, 6) is 0.973. The van der Waals surface area contributed by atoms with Gasteiger partial charge in [0.2, 0.25) is 0 Å². The molecule has 1 nitrogen and oxygen atoms in total. The van der Waals surface area contributed by atoms with E-state index in [1.54, 1.807) is 0 Å². The van der Waals surface area contributed by atoms with Gasteiger partial charge >= 0.3 is 0 Å². The Morgan fingerprint density at radius 1 is 1.17 bits per heavy atom. The van der Waals surface area contributed by atoms with Crippen LogP contribution in [0, 0.1) is 5.92 Å². The molecule has 0 aromatic carbocycles. The number of nitrogens with zero attached hydrogens (tertiary/aromatic N) is 1. The molecule has 72 valence electrons. The van der Waals surface area contributed by atoms with Crippen LogP contribution in [0.2, 0.25) is 0 Å². The normalized spacial score (nSPS) is 24.8. The van der Waals surface area contributed by atoms with Crippen LogP contribution >= 0.6 is 22.6 Å². The minimum atomic E-state index is 0.746. The van der Waals surface area contributed by atoms with E-state index < -0.39 is 0 Å². The van der Waals surface area contributed by atoms with E-state index in [2.05, 4.69) is 48.3 Å². The molecule has 0 N–H and O–H groups in total. The van der Waals surface area contributed by atoms with E-state index in [1.807, 2.05) is 0 Å². The van der Waals surface area contributed by atoms with Gasteiger partial charge in [-0.2, -0.15) is 0 Å². The molecule has 1 rings (SSSR count). The highest BCUT2D eigenvalue weighted by Gasteiger charge is 2.23. The molecule has 0 aromatic rings.